The summed E-state index contributed by atoms with van der Waals surface area (Å²) in [5, 5.41) is 2.95. The van der Waals surface area contributed by atoms with Crippen molar-refractivity contribution < 1.29 is 9.53 Å². The van der Waals surface area contributed by atoms with E-state index in [4.69, 9.17) is 4.74 Å². The van der Waals surface area contributed by atoms with Gasteiger partial charge in [-0.25, -0.2) is 0 Å². The summed E-state index contributed by atoms with van der Waals surface area (Å²) in [4.78, 5) is 12.1. The van der Waals surface area contributed by atoms with Gasteiger partial charge in [0.15, 0.2) is 0 Å². The zero-order chi connectivity index (χ0) is 16.1. The Morgan fingerprint density at radius 3 is 2.36 bits per heavy atom. The summed E-state index contributed by atoms with van der Waals surface area (Å²) in [5.41, 5.74) is 5.07. The highest BCUT2D eigenvalue weighted by molar-refractivity contribution is 6.03. The number of benzene rings is 2. The molecule has 0 atom stereocenters. The predicted molar refractivity (Wildman–Crippen MR) is 91.3 cm³/mol. The van der Waals surface area contributed by atoms with Gasteiger partial charge in [0, 0.05) is 17.3 Å². The summed E-state index contributed by atoms with van der Waals surface area (Å²) < 4.78 is 5.26. The number of amides is 1. The number of ether oxygens (including phenoxy) is 1. The standard InChI is InChI=1S/C19H21NO2/c1-13-11-14(2)19(15(3)12-13)20-18(21)10-9-16-7-5-6-8-17(16)22-4/h5-12H,1-4H3,(H,20,21)/b10-9+. The Morgan fingerprint density at radius 1 is 1.09 bits per heavy atom. The van der Waals surface area contributed by atoms with Gasteiger partial charge in [0.25, 0.3) is 0 Å². The highest BCUT2D eigenvalue weighted by Crippen LogP contribution is 2.22. The van der Waals surface area contributed by atoms with Gasteiger partial charge in [-0.15, -0.1) is 0 Å². The van der Waals surface area contributed by atoms with Crippen LogP contribution in [0.25, 0.3) is 6.08 Å². The summed E-state index contributed by atoms with van der Waals surface area (Å²) in [6.07, 6.45) is 3.28. The number of hydrogen-bond acceptors (Lipinski definition) is 2. The second-order valence-corrected chi connectivity index (χ2v) is 5.34. The zero-order valence-electron chi connectivity index (χ0n) is 13.4. The molecule has 1 N–H and O–H groups in total. The molecule has 0 aromatic heterocycles. The minimum absolute atomic E-state index is 0.152. The van der Waals surface area contributed by atoms with E-state index < -0.39 is 0 Å². The Kier molecular flexibility index (Phi) is 4.99. The number of anilines is 1. The molecule has 3 nitrogen and oxygen atoms in total. The van der Waals surface area contributed by atoms with Crippen LogP contribution in [-0.4, -0.2) is 13.0 Å². The van der Waals surface area contributed by atoms with Crippen LogP contribution < -0.4 is 10.1 Å². The third-order valence-corrected chi connectivity index (χ3v) is 3.48. The van der Waals surface area contributed by atoms with Crippen LogP contribution in [0.5, 0.6) is 5.75 Å². The molecule has 0 saturated heterocycles. The number of methoxy groups -OCH3 is 1. The van der Waals surface area contributed by atoms with Crippen molar-refractivity contribution in [3.63, 3.8) is 0 Å². The second-order valence-electron chi connectivity index (χ2n) is 5.34. The molecule has 0 radical (unpaired) electrons. The Bertz CT molecular complexity index is 694. The lowest BCUT2D eigenvalue weighted by molar-refractivity contribution is -0.111. The normalized spacial score (nSPS) is 10.7. The first-order valence-electron chi connectivity index (χ1n) is 7.21. The van der Waals surface area contributed by atoms with Crippen LogP contribution in [0.15, 0.2) is 42.5 Å². The summed E-state index contributed by atoms with van der Waals surface area (Å²) in [5.74, 6) is 0.593. The molecule has 0 unspecified atom stereocenters. The second kappa shape index (κ2) is 6.94. The van der Waals surface area contributed by atoms with Crippen LogP contribution in [0.1, 0.15) is 22.3 Å². The molecular weight excluding hydrogens is 274 g/mol. The van der Waals surface area contributed by atoms with Crippen molar-refractivity contribution in [1.82, 2.24) is 0 Å². The number of para-hydroxylation sites is 1. The van der Waals surface area contributed by atoms with Crippen LogP contribution in [-0.2, 0) is 4.79 Å². The fourth-order valence-electron chi connectivity index (χ4n) is 2.51. The molecule has 0 spiro atoms. The lowest BCUT2D eigenvalue weighted by Gasteiger charge is -2.11. The maximum absolute atomic E-state index is 12.1. The van der Waals surface area contributed by atoms with Gasteiger partial charge < -0.3 is 10.1 Å². The fraction of sp³-hybridized carbons (Fsp3) is 0.211. The van der Waals surface area contributed by atoms with Gasteiger partial charge in [-0.3, -0.25) is 4.79 Å². The fourth-order valence-corrected chi connectivity index (χ4v) is 2.51. The zero-order valence-corrected chi connectivity index (χ0v) is 13.4. The van der Waals surface area contributed by atoms with Crippen molar-refractivity contribution in [1.29, 1.82) is 0 Å². The van der Waals surface area contributed by atoms with E-state index in [0.29, 0.717) is 0 Å². The highest BCUT2D eigenvalue weighted by atomic mass is 16.5. The Morgan fingerprint density at radius 2 is 1.73 bits per heavy atom. The molecule has 0 aliphatic carbocycles. The van der Waals surface area contributed by atoms with Crippen molar-refractivity contribution in [3.8, 4) is 5.75 Å². The maximum Gasteiger partial charge on any atom is 0.248 e. The molecule has 0 bridgehead atoms. The molecule has 114 valence electrons. The van der Waals surface area contributed by atoms with Crippen molar-refractivity contribution >= 4 is 17.7 Å². The van der Waals surface area contributed by atoms with E-state index in [9.17, 15) is 4.79 Å². The third-order valence-electron chi connectivity index (χ3n) is 3.48. The first-order chi connectivity index (χ1) is 10.5. The SMILES string of the molecule is COc1ccccc1/C=C/C(=O)Nc1c(C)cc(C)cc1C. The number of nitrogens with one attached hydrogen (secondary N) is 1. The largest absolute Gasteiger partial charge is 0.496 e. The van der Waals surface area contributed by atoms with Crippen LogP contribution in [0.4, 0.5) is 5.69 Å². The monoisotopic (exact) mass is 295 g/mol. The highest BCUT2D eigenvalue weighted by Gasteiger charge is 2.06. The summed E-state index contributed by atoms with van der Waals surface area (Å²) in [7, 11) is 1.62. The summed E-state index contributed by atoms with van der Waals surface area (Å²) >= 11 is 0. The summed E-state index contributed by atoms with van der Waals surface area (Å²) in [6, 6.07) is 11.7. The van der Waals surface area contributed by atoms with E-state index in [-0.39, 0.29) is 5.91 Å². The van der Waals surface area contributed by atoms with E-state index in [2.05, 4.69) is 17.4 Å². The van der Waals surface area contributed by atoms with Crippen molar-refractivity contribution in [2.24, 2.45) is 0 Å². The third kappa shape index (κ3) is 3.76. The number of carbonyl (C=O) groups is 1. The smallest absolute Gasteiger partial charge is 0.248 e. The van der Waals surface area contributed by atoms with Gasteiger partial charge in [0.1, 0.15) is 5.75 Å². The predicted octanol–water partition coefficient (Wildman–Crippen LogP) is 4.27. The quantitative estimate of drug-likeness (QED) is 0.855. The van der Waals surface area contributed by atoms with Crippen LogP contribution >= 0.6 is 0 Å². The average molecular weight is 295 g/mol. The lowest BCUT2D eigenvalue weighted by atomic mass is 10.1. The Hall–Kier alpha value is -2.55. The number of rotatable bonds is 4. The van der Waals surface area contributed by atoms with Gasteiger partial charge in [-0.05, 0) is 44.0 Å². The van der Waals surface area contributed by atoms with E-state index >= 15 is 0 Å². The molecule has 3 heteroatoms. The maximum atomic E-state index is 12.1. The molecule has 0 aliphatic rings. The number of hydrogen-bond donors (Lipinski definition) is 1. The molecule has 2 rings (SSSR count). The van der Waals surface area contributed by atoms with Crippen LogP contribution in [0, 0.1) is 20.8 Å². The lowest BCUT2D eigenvalue weighted by Crippen LogP contribution is -2.10. The molecule has 0 saturated carbocycles. The van der Waals surface area contributed by atoms with Crippen LogP contribution in [0.2, 0.25) is 0 Å². The van der Waals surface area contributed by atoms with Crippen molar-refractivity contribution in [3.05, 3.63) is 64.7 Å². The first-order valence-corrected chi connectivity index (χ1v) is 7.21. The van der Waals surface area contributed by atoms with Gasteiger partial charge in [0.2, 0.25) is 5.91 Å². The molecule has 0 fully saturated rings. The molecule has 2 aromatic carbocycles. The Balaban J connectivity index is 2.15. The first kappa shape index (κ1) is 15.8. The van der Waals surface area contributed by atoms with E-state index in [1.54, 1.807) is 13.2 Å². The number of aryl methyl sites for hydroxylation is 3. The van der Waals surface area contributed by atoms with Crippen molar-refractivity contribution in [2.45, 2.75) is 20.8 Å². The molecule has 1 amide bonds. The average Bonchev–Trinajstić information content (AvgIpc) is 2.49. The van der Waals surface area contributed by atoms with E-state index in [1.165, 1.54) is 11.6 Å². The van der Waals surface area contributed by atoms with E-state index in [0.717, 1.165) is 28.1 Å². The van der Waals surface area contributed by atoms with Gasteiger partial charge in [-0.1, -0.05) is 35.9 Å². The minimum atomic E-state index is -0.152. The Labute approximate surface area is 131 Å². The van der Waals surface area contributed by atoms with Gasteiger partial charge >= 0.3 is 0 Å². The topological polar surface area (TPSA) is 38.3 Å². The molecule has 2 aromatic rings. The molecular formula is C19H21NO2. The summed E-state index contributed by atoms with van der Waals surface area (Å²) in [6.45, 7) is 6.05. The molecule has 22 heavy (non-hydrogen) atoms. The molecule has 0 heterocycles. The van der Waals surface area contributed by atoms with Gasteiger partial charge in [0.05, 0.1) is 7.11 Å². The van der Waals surface area contributed by atoms with E-state index in [1.807, 2.05) is 45.0 Å². The van der Waals surface area contributed by atoms with Gasteiger partial charge in [-0.2, -0.15) is 0 Å². The number of carbonyl (C=O) groups excluding carboxylic acids is 1. The molecule has 0 aliphatic heterocycles. The minimum Gasteiger partial charge on any atom is -0.496 e. The van der Waals surface area contributed by atoms with Crippen molar-refractivity contribution in [2.75, 3.05) is 12.4 Å². The van der Waals surface area contributed by atoms with Crippen LogP contribution in [0.3, 0.4) is 0 Å².